The molecule has 1 saturated carbocycles. The molecule has 0 saturated heterocycles. The van der Waals surface area contributed by atoms with E-state index < -0.39 is 23.7 Å². The van der Waals surface area contributed by atoms with E-state index in [0.29, 0.717) is 12.2 Å². The summed E-state index contributed by atoms with van der Waals surface area (Å²) in [5, 5.41) is 20.4. The van der Waals surface area contributed by atoms with E-state index in [1.807, 2.05) is 6.07 Å². The molecule has 98 valence electrons. The van der Waals surface area contributed by atoms with Crippen LogP contribution in [0.2, 0.25) is 0 Å². The zero-order valence-electron chi connectivity index (χ0n) is 10.2. The van der Waals surface area contributed by atoms with Crippen LogP contribution in [0.5, 0.6) is 5.75 Å². The fraction of sp³-hybridized carbons (Fsp3) is 0.308. The monoisotopic (exact) mass is 260 g/mol. The molecule has 1 fully saturated rings. The lowest BCUT2D eigenvalue weighted by Gasteiger charge is -2.11. The Labute approximate surface area is 109 Å². The van der Waals surface area contributed by atoms with Crippen molar-refractivity contribution in [1.82, 2.24) is 0 Å². The summed E-state index contributed by atoms with van der Waals surface area (Å²) >= 11 is 0. The Kier molecular flexibility index (Phi) is 3.38. The van der Waals surface area contributed by atoms with E-state index in [4.69, 9.17) is 15.1 Å². The number of carboxylic acids is 1. The van der Waals surface area contributed by atoms with Crippen molar-refractivity contribution in [2.45, 2.75) is 6.42 Å². The van der Waals surface area contributed by atoms with E-state index >= 15 is 0 Å². The number of amides is 1. The average molecular weight is 260 g/mol. The van der Waals surface area contributed by atoms with Crippen molar-refractivity contribution >= 4 is 17.6 Å². The van der Waals surface area contributed by atoms with Gasteiger partial charge in [0.25, 0.3) is 0 Å². The van der Waals surface area contributed by atoms with Gasteiger partial charge in [0.15, 0.2) is 0 Å². The quantitative estimate of drug-likeness (QED) is 0.848. The van der Waals surface area contributed by atoms with Crippen molar-refractivity contribution in [3.05, 3.63) is 23.8 Å². The van der Waals surface area contributed by atoms with Crippen LogP contribution in [0.1, 0.15) is 12.0 Å². The number of carbonyl (C=O) groups is 2. The number of carbonyl (C=O) groups excluding carboxylic acids is 1. The van der Waals surface area contributed by atoms with Gasteiger partial charge in [0, 0.05) is 0 Å². The van der Waals surface area contributed by atoms with Crippen molar-refractivity contribution in [2.24, 2.45) is 11.8 Å². The van der Waals surface area contributed by atoms with E-state index in [9.17, 15) is 9.59 Å². The summed E-state index contributed by atoms with van der Waals surface area (Å²) in [5.41, 5.74) is 0.564. The molecule has 1 aliphatic carbocycles. The Hall–Kier alpha value is -2.55. The summed E-state index contributed by atoms with van der Waals surface area (Å²) in [7, 11) is 1.43. The van der Waals surface area contributed by atoms with Crippen molar-refractivity contribution in [3.63, 3.8) is 0 Å². The molecule has 0 heterocycles. The maximum atomic E-state index is 11.9. The maximum absolute atomic E-state index is 11.9. The number of hydrogen-bond donors (Lipinski definition) is 2. The molecule has 2 rings (SSSR count). The van der Waals surface area contributed by atoms with Crippen LogP contribution in [0.4, 0.5) is 5.69 Å². The van der Waals surface area contributed by atoms with Crippen LogP contribution in [-0.2, 0) is 9.59 Å². The van der Waals surface area contributed by atoms with Crippen LogP contribution in [0.25, 0.3) is 0 Å². The molecular weight excluding hydrogens is 248 g/mol. The Morgan fingerprint density at radius 1 is 1.47 bits per heavy atom. The molecule has 1 aromatic carbocycles. The largest absolute Gasteiger partial charge is 0.495 e. The van der Waals surface area contributed by atoms with Gasteiger partial charge < -0.3 is 15.2 Å². The molecule has 6 nitrogen and oxygen atoms in total. The van der Waals surface area contributed by atoms with Crippen LogP contribution in [0, 0.1) is 23.2 Å². The first kappa shape index (κ1) is 12.9. The fourth-order valence-electron chi connectivity index (χ4n) is 1.90. The zero-order valence-corrected chi connectivity index (χ0v) is 10.2. The number of benzene rings is 1. The molecule has 6 heteroatoms. The van der Waals surface area contributed by atoms with Crippen molar-refractivity contribution in [1.29, 1.82) is 5.26 Å². The number of ether oxygens (including phenoxy) is 1. The molecule has 2 unspecified atom stereocenters. The molecule has 2 N–H and O–H groups in total. The van der Waals surface area contributed by atoms with Crippen molar-refractivity contribution in [2.75, 3.05) is 12.4 Å². The van der Waals surface area contributed by atoms with E-state index in [1.165, 1.54) is 7.11 Å². The molecule has 1 aromatic rings. The van der Waals surface area contributed by atoms with Gasteiger partial charge in [-0.05, 0) is 18.6 Å². The molecule has 0 spiro atoms. The van der Waals surface area contributed by atoms with Gasteiger partial charge in [0.1, 0.15) is 17.5 Å². The smallest absolute Gasteiger partial charge is 0.307 e. The fourth-order valence-corrected chi connectivity index (χ4v) is 1.90. The molecule has 2 atom stereocenters. The van der Waals surface area contributed by atoms with Gasteiger partial charge in [-0.2, -0.15) is 5.26 Å². The highest BCUT2D eigenvalue weighted by Crippen LogP contribution is 2.40. The lowest BCUT2D eigenvalue weighted by atomic mass is 10.1. The molecule has 19 heavy (non-hydrogen) atoms. The highest BCUT2D eigenvalue weighted by Gasteiger charge is 2.48. The van der Waals surface area contributed by atoms with Crippen LogP contribution in [-0.4, -0.2) is 24.1 Å². The summed E-state index contributed by atoms with van der Waals surface area (Å²) in [5.74, 6) is -2.15. The highest BCUT2D eigenvalue weighted by molar-refractivity contribution is 6.00. The molecule has 0 bridgehead atoms. The van der Waals surface area contributed by atoms with Gasteiger partial charge in [0.05, 0.1) is 24.5 Å². The number of anilines is 1. The van der Waals surface area contributed by atoms with E-state index in [0.717, 1.165) is 0 Å². The van der Waals surface area contributed by atoms with Crippen LogP contribution in [0.15, 0.2) is 18.2 Å². The Bertz CT molecular complexity index is 576. The Morgan fingerprint density at radius 3 is 2.74 bits per heavy atom. The summed E-state index contributed by atoms with van der Waals surface area (Å²) in [4.78, 5) is 22.6. The number of rotatable bonds is 4. The van der Waals surface area contributed by atoms with Crippen molar-refractivity contribution < 1.29 is 19.4 Å². The topological polar surface area (TPSA) is 99.4 Å². The lowest BCUT2D eigenvalue weighted by Crippen LogP contribution is -2.18. The number of nitrogens with zero attached hydrogens (tertiary/aromatic N) is 1. The zero-order chi connectivity index (χ0) is 14.0. The van der Waals surface area contributed by atoms with Gasteiger partial charge in [-0.1, -0.05) is 6.07 Å². The molecular formula is C13H12N2O4. The Balaban J connectivity index is 2.18. The molecule has 1 amide bonds. The number of hydrogen-bond acceptors (Lipinski definition) is 4. The lowest BCUT2D eigenvalue weighted by molar-refractivity contribution is -0.139. The third-order valence-corrected chi connectivity index (χ3v) is 3.06. The summed E-state index contributed by atoms with van der Waals surface area (Å²) < 4.78 is 5.08. The van der Waals surface area contributed by atoms with Gasteiger partial charge in [-0.25, -0.2) is 0 Å². The van der Waals surface area contributed by atoms with Gasteiger partial charge in [-0.3, -0.25) is 9.59 Å². The third-order valence-electron chi connectivity index (χ3n) is 3.06. The minimum Gasteiger partial charge on any atom is -0.495 e. The van der Waals surface area contributed by atoms with Crippen molar-refractivity contribution in [3.8, 4) is 11.8 Å². The van der Waals surface area contributed by atoms with Crippen LogP contribution < -0.4 is 10.1 Å². The number of methoxy groups -OCH3 is 1. The van der Waals surface area contributed by atoms with Gasteiger partial charge in [0.2, 0.25) is 5.91 Å². The number of para-hydroxylation sites is 1. The predicted octanol–water partition coefficient (Wildman–Crippen LogP) is 1.23. The first-order valence-corrected chi connectivity index (χ1v) is 5.69. The van der Waals surface area contributed by atoms with Crippen LogP contribution >= 0.6 is 0 Å². The van der Waals surface area contributed by atoms with Crippen LogP contribution in [0.3, 0.4) is 0 Å². The standard InChI is InChI=1S/C13H12N2O4/c1-19-10-4-2-3-7(6-14)11(10)15-12(16)8-5-9(8)13(17)18/h2-4,8-9H,5H2,1H3,(H,15,16)(H,17,18). The van der Waals surface area contributed by atoms with E-state index in [1.54, 1.807) is 18.2 Å². The summed E-state index contributed by atoms with van der Waals surface area (Å²) in [6, 6.07) is 6.78. The minimum atomic E-state index is -0.972. The van der Waals surface area contributed by atoms with E-state index in [2.05, 4.69) is 5.32 Å². The number of carboxylic acid groups (broad SMARTS) is 1. The molecule has 0 radical (unpaired) electrons. The normalized spacial score (nSPS) is 20.2. The molecule has 1 aliphatic rings. The molecule has 0 aliphatic heterocycles. The predicted molar refractivity (Wildman–Crippen MR) is 65.6 cm³/mol. The minimum absolute atomic E-state index is 0.278. The van der Waals surface area contributed by atoms with E-state index in [-0.39, 0.29) is 11.3 Å². The second-order valence-corrected chi connectivity index (χ2v) is 4.27. The number of nitrogens with one attached hydrogen (secondary N) is 1. The maximum Gasteiger partial charge on any atom is 0.307 e. The average Bonchev–Trinajstić information content (AvgIpc) is 3.19. The Morgan fingerprint density at radius 2 is 2.21 bits per heavy atom. The summed E-state index contributed by atoms with van der Waals surface area (Å²) in [6.45, 7) is 0. The second kappa shape index (κ2) is 4.98. The SMILES string of the molecule is COc1cccc(C#N)c1NC(=O)C1CC1C(=O)O. The number of nitriles is 1. The first-order valence-electron chi connectivity index (χ1n) is 5.69. The van der Waals surface area contributed by atoms with Gasteiger partial charge in [-0.15, -0.1) is 0 Å². The summed E-state index contributed by atoms with van der Waals surface area (Å²) in [6.07, 6.45) is 0.332. The highest BCUT2D eigenvalue weighted by atomic mass is 16.5. The van der Waals surface area contributed by atoms with Gasteiger partial charge >= 0.3 is 5.97 Å². The first-order chi connectivity index (χ1) is 9.08. The third kappa shape index (κ3) is 2.50. The molecule has 0 aromatic heterocycles. The number of aliphatic carboxylic acids is 1. The second-order valence-electron chi connectivity index (χ2n) is 4.27.